The van der Waals surface area contributed by atoms with E-state index in [1.807, 2.05) is 12.1 Å². The summed E-state index contributed by atoms with van der Waals surface area (Å²) in [4.78, 5) is 0. The molecule has 5 unspecified atom stereocenters. The van der Waals surface area contributed by atoms with Crippen molar-refractivity contribution < 1.29 is 37.8 Å². The van der Waals surface area contributed by atoms with Gasteiger partial charge >= 0.3 is 0 Å². The van der Waals surface area contributed by atoms with Crippen LogP contribution in [-0.2, 0) is 44.5 Å². The minimum atomic E-state index is -0.242. The van der Waals surface area contributed by atoms with Crippen LogP contribution in [0.15, 0.2) is 48.5 Å². The maximum Gasteiger partial charge on any atom is 0.0634 e. The number of rotatable bonds is 7. The number of alkyl halides is 2. The average Bonchev–Trinajstić information content (AvgIpc) is 3.48. The fourth-order valence-electron chi connectivity index (χ4n) is 5.14. The molecule has 0 amide bonds. The van der Waals surface area contributed by atoms with Crippen LogP contribution >= 0.6 is 23.2 Å². The maximum absolute atomic E-state index is 10.4. The molecule has 0 heterocycles. The second-order valence-electron chi connectivity index (χ2n) is 8.61. The van der Waals surface area contributed by atoms with Gasteiger partial charge in [-0.3, -0.25) is 0 Å². The summed E-state index contributed by atoms with van der Waals surface area (Å²) >= 11 is 13.5. The summed E-state index contributed by atoms with van der Waals surface area (Å²) in [6.07, 6.45) is 5.67. The fraction of sp³-hybridized carbons (Fsp3) is 0.520. The molecule has 1 N–H and O–H groups in total. The molecule has 0 aliphatic heterocycles. The number of aliphatic hydroxyl groups is 1. The van der Waals surface area contributed by atoms with Gasteiger partial charge in [0.05, 0.1) is 6.10 Å². The van der Waals surface area contributed by atoms with Crippen molar-refractivity contribution in [2.45, 2.75) is 73.6 Å². The SMILES string of the molecule is CCC(O)C1(c2ccc(C3C(Cl)CC(Cl)C3CCc3cc[c-]cc3)cc2)CC1.[Y]. The van der Waals surface area contributed by atoms with Crippen LogP contribution in [-0.4, -0.2) is 22.0 Å². The zero-order chi connectivity index (χ0) is 19.7. The molecular weight excluding hydrogens is 476 g/mol. The van der Waals surface area contributed by atoms with Gasteiger partial charge in [-0.1, -0.05) is 37.6 Å². The Morgan fingerprint density at radius 3 is 2.31 bits per heavy atom. The molecule has 2 aliphatic carbocycles. The van der Waals surface area contributed by atoms with Gasteiger partial charge in [-0.05, 0) is 49.1 Å². The summed E-state index contributed by atoms with van der Waals surface area (Å²) in [7, 11) is 0. The van der Waals surface area contributed by atoms with Crippen LogP contribution in [0.2, 0.25) is 0 Å². The molecule has 2 aromatic carbocycles. The number of hydrogen-bond donors (Lipinski definition) is 1. The first-order chi connectivity index (χ1) is 13.5. The molecule has 0 aromatic heterocycles. The Bertz CT molecular complexity index is 775. The van der Waals surface area contributed by atoms with E-state index in [0.717, 1.165) is 38.5 Å². The fourth-order valence-corrected chi connectivity index (χ4v) is 6.23. The first-order valence-corrected chi connectivity index (χ1v) is 11.4. The van der Waals surface area contributed by atoms with Crippen molar-refractivity contribution in [2.24, 2.45) is 5.92 Å². The molecule has 29 heavy (non-hydrogen) atoms. The van der Waals surface area contributed by atoms with Crippen molar-refractivity contribution in [3.05, 3.63) is 71.3 Å². The molecule has 2 aliphatic rings. The van der Waals surface area contributed by atoms with Gasteiger partial charge in [0.25, 0.3) is 0 Å². The number of aryl methyl sites for hydroxylation is 1. The summed E-state index contributed by atoms with van der Waals surface area (Å²) in [5.41, 5.74) is 3.88. The second-order valence-corrected chi connectivity index (χ2v) is 9.73. The van der Waals surface area contributed by atoms with Crippen LogP contribution in [0.5, 0.6) is 0 Å². The summed E-state index contributed by atoms with van der Waals surface area (Å²) in [5, 5.41) is 10.6. The molecule has 0 bridgehead atoms. The minimum absolute atomic E-state index is 0. The Morgan fingerprint density at radius 1 is 1.07 bits per heavy atom. The third-order valence-electron chi connectivity index (χ3n) is 7.00. The predicted octanol–water partition coefficient (Wildman–Crippen LogP) is 6.24. The molecular formula is C25H29Cl2OY-. The van der Waals surface area contributed by atoms with Crippen molar-refractivity contribution in [1.82, 2.24) is 0 Å². The van der Waals surface area contributed by atoms with E-state index in [0.29, 0.717) is 11.8 Å². The quantitative estimate of drug-likeness (QED) is 0.349. The molecule has 1 radical (unpaired) electrons. The van der Waals surface area contributed by atoms with Gasteiger partial charge < -0.3 is 5.11 Å². The third-order valence-corrected chi connectivity index (χ3v) is 7.95. The van der Waals surface area contributed by atoms with Crippen LogP contribution in [0, 0.1) is 12.0 Å². The van der Waals surface area contributed by atoms with Gasteiger partial charge in [-0.2, -0.15) is 35.9 Å². The van der Waals surface area contributed by atoms with E-state index in [2.05, 4.69) is 49.4 Å². The van der Waals surface area contributed by atoms with E-state index in [1.165, 1.54) is 16.7 Å². The Hall–Kier alpha value is 0.0839. The van der Waals surface area contributed by atoms with E-state index in [4.69, 9.17) is 23.2 Å². The number of aliphatic hydroxyl groups excluding tert-OH is 1. The smallest absolute Gasteiger partial charge is 0.0634 e. The zero-order valence-corrected chi connectivity index (χ0v) is 21.4. The van der Waals surface area contributed by atoms with E-state index in [-0.39, 0.29) is 55.0 Å². The summed E-state index contributed by atoms with van der Waals surface area (Å²) in [6, 6.07) is 20.2. The first-order valence-electron chi connectivity index (χ1n) is 10.6. The van der Waals surface area contributed by atoms with Crippen molar-refractivity contribution in [2.75, 3.05) is 0 Å². The molecule has 2 saturated carbocycles. The average molecular weight is 505 g/mol. The monoisotopic (exact) mass is 504 g/mol. The van der Waals surface area contributed by atoms with Crippen LogP contribution in [0.1, 0.15) is 61.6 Å². The van der Waals surface area contributed by atoms with Gasteiger partial charge in [0.15, 0.2) is 0 Å². The van der Waals surface area contributed by atoms with Gasteiger partial charge in [0, 0.05) is 54.8 Å². The maximum atomic E-state index is 10.4. The van der Waals surface area contributed by atoms with Crippen LogP contribution in [0.25, 0.3) is 0 Å². The van der Waals surface area contributed by atoms with Crippen molar-refractivity contribution in [3.63, 3.8) is 0 Å². The van der Waals surface area contributed by atoms with Crippen molar-refractivity contribution in [3.8, 4) is 0 Å². The molecule has 5 atom stereocenters. The van der Waals surface area contributed by atoms with Gasteiger partial charge in [0.1, 0.15) is 0 Å². The largest absolute Gasteiger partial charge is 0.392 e. The third kappa shape index (κ3) is 4.96. The van der Waals surface area contributed by atoms with Gasteiger partial charge in [0.2, 0.25) is 0 Å². The number of halogens is 2. The van der Waals surface area contributed by atoms with E-state index < -0.39 is 0 Å². The van der Waals surface area contributed by atoms with Gasteiger partial charge in [-0.15, -0.1) is 23.2 Å². The molecule has 0 saturated heterocycles. The Labute approximate surface area is 210 Å². The molecule has 2 aromatic rings. The summed E-state index contributed by atoms with van der Waals surface area (Å²) < 4.78 is 0. The summed E-state index contributed by atoms with van der Waals surface area (Å²) in [5.74, 6) is 0.676. The van der Waals surface area contributed by atoms with Crippen molar-refractivity contribution >= 4 is 23.2 Å². The molecule has 4 heteroatoms. The Balaban J connectivity index is 0.00000240. The Morgan fingerprint density at radius 2 is 1.72 bits per heavy atom. The molecule has 1 nitrogen and oxygen atoms in total. The Kier molecular flexibility index (Phi) is 8.30. The van der Waals surface area contributed by atoms with E-state index in [9.17, 15) is 5.11 Å². The first kappa shape index (κ1) is 23.7. The predicted molar refractivity (Wildman–Crippen MR) is 117 cm³/mol. The normalized spacial score (nSPS) is 28.6. The van der Waals surface area contributed by atoms with E-state index >= 15 is 0 Å². The van der Waals surface area contributed by atoms with E-state index in [1.54, 1.807) is 0 Å². The van der Waals surface area contributed by atoms with Crippen molar-refractivity contribution in [1.29, 1.82) is 0 Å². The molecule has 4 rings (SSSR count). The minimum Gasteiger partial charge on any atom is -0.392 e. The summed E-state index contributed by atoms with van der Waals surface area (Å²) in [6.45, 7) is 2.06. The topological polar surface area (TPSA) is 20.2 Å². The molecule has 2 fully saturated rings. The number of hydrogen-bond acceptors (Lipinski definition) is 1. The zero-order valence-electron chi connectivity index (χ0n) is 17.0. The molecule has 0 spiro atoms. The second kappa shape index (κ2) is 10.1. The van der Waals surface area contributed by atoms with Crippen LogP contribution < -0.4 is 0 Å². The van der Waals surface area contributed by atoms with Crippen LogP contribution in [0.4, 0.5) is 0 Å². The molecule has 153 valence electrons. The number of benzene rings is 2. The van der Waals surface area contributed by atoms with Gasteiger partial charge in [-0.25, -0.2) is 0 Å². The van der Waals surface area contributed by atoms with Crippen LogP contribution in [0.3, 0.4) is 0 Å². The standard InChI is InChI=1S/C25H29Cl2O.Y/c1-2-23(28)25(14-15-25)19-11-9-18(10-12-19)24-20(21(26)16-22(24)27)13-8-17-6-4-3-5-7-17;/h4-7,9-12,20-24,28H,2,8,13-16H2,1H3;/q-1;.